The minimum absolute atomic E-state index is 0.228. The molecule has 0 spiro atoms. The highest BCUT2D eigenvalue weighted by molar-refractivity contribution is 6.31. The number of para-hydroxylation sites is 1. The molecule has 0 aliphatic heterocycles. The first-order valence-electron chi connectivity index (χ1n) is 9.37. The van der Waals surface area contributed by atoms with Gasteiger partial charge in [0.25, 0.3) is 5.91 Å². The molecule has 2 aromatic carbocycles. The van der Waals surface area contributed by atoms with Gasteiger partial charge in [0.2, 0.25) is 0 Å². The molecule has 0 unspecified atom stereocenters. The first kappa shape index (κ1) is 20.3. The van der Waals surface area contributed by atoms with E-state index < -0.39 is 11.4 Å². The smallest absolute Gasteiger partial charge is 0.253 e. The van der Waals surface area contributed by atoms with Gasteiger partial charge in [-0.2, -0.15) is 0 Å². The Morgan fingerprint density at radius 1 is 1.21 bits per heavy atom. The van der Waals surface area contributed by atoms with E-state index in [0.717, 1.165) is 12.0 Å². The van der Waals surface area contributed by atoms with Crippen molar-refractivity contribution < 1.29 is 9.18 Å². The Kier molecular flexibility index (Phi) is 5.99. The van der Waals surface area contributed by atoms with E-state index in [4.69, 9.17) is 11.6 Å². The molecule has 0 fully saturated rings. The Morgan fingerprint density at radius 2 is 1.96 bits per heavy atom. The van der Waals surface area contributed by atoms with Crippen molar-refractivity contribution in [1.29, 1.82) is 0 Å². The summed E-state index contributed by atoms with van der Waals surface area (Å²) >= 11 is 6.34. The highest BCUT2D eigenvalue weighted by Crippen LogP contribution is 2.26. The Hall–Kier alpha value is -2.46. The molecule has 3 rings (SSSR count). The molecule has 1 N–H and O–H groups in total. The fourth-order valence-electron chi connectivity index (χ4n) is 3.72. The molecule has 0 radical (unpaired) electrons. The first-order chi connectivity index (χ1) is 13.3. The van der Waals surface area contributed by atoms with Gasteiger partial charge in [-0.3, -0.25) is 9.78 Å². The number of nitrogens with zero attached hydrogens (tertiary/aromatic N) is 1. The number of carbonyl (C=O) groups is 1. The molecule has 28 heavy (non-hydrogen) atoms. The minimum atomic E-state index is -0.479. The molecule has 3 nitrogen and oxygen atoms in total. The van der Waals surface area contributed by atoms with Gasteiger partial charge in [0.1, 0.15) is 11.3 Å². The maximum Gasteiger partial charge on any atom is 0.253 e. The molecule has 0 aliphatic rings. The average Bonchev–Trinajstić information content (AvgIpc) is 2.62. The Labute approximate surface area is 169 Å². The van der Waals surface area contributed by atoms with Gasteiger partial charge in [-0.1, -0.05) is 55.8 Å². The lowest BCUT2D eigenvalue weighted by Crippen LogP contribution is -2.48. The van der Waals surface area contributed by atoms with Crippen molar-refractivity contribution in [2.75, 3.05) is 0 Å². The van der Waals surface area contributed by atoms with E-state index in [9.17, 15) is 9.18 Å². The molecule has 0 saturated heterocycles. The zero-order valence-electron chi connectivity index (χ0n) is 16.3. The summed E-state index contributed by atoms with van der Waals surface area (Å²) in [6, 6.07) is 14.1. The zero-order valence-corrected chi connectivity index (χ0v) is 17.1. The molecule has 1 amide bonds. The second kappa shape index (κ2) is 8.27. The van der Waals surface area contributed by atoms with E-state index in [-0.39, 0.29) is 11.4 Å². The summed E-state index contributed by atoms with van der Waals surface area (Å²) in [5.74, 6) is -0.238. The second-order valence-corrected chi connectivity index (χ2v) is 8.32. The Bertz CT molecular complexity index is 1000. The molecule has 1 heterocycles. The van der Waals surface area contributed by atoms with Crippen LogP contribution >= 0.6 is 11.6 Å². The normalized spacial score (nSPS) is 13.5. The SMILES string of the molecule is CC(C)C[C@](C)(Cc1ccccc1Cl)NC(=O)c1cnc2c(F)cccc2c1. The quantitative estimate of drug-likeness (QED) is 0.569. The largest absolute Gasteiger partial charge is 0.346 e. The van der Waals surface area contributed by atoms with Crippen molar-refractivity contribution in [1.82, 2.24) is 10.3 Å². The van der Waals surface area contributed by atoms with Crippen LogP contribution < -0.4 is 5.32 Å². The zero-order chi connectivity index (χ0) is 20.3. The van der Waals surface area contributed by atoms with Crippen LogP contribution in [0.3, 0.4) is 0 Å². The molecule has 1 aromatic heterocycles. The summed E-state index contributed by atoms with van der Waals surface area (Å²) in [5, 5.41) is 4.46. The number of carbonyl (C=O) groups excluding carboxylic acids is 1. The number of rotatable bonds is 6. The van der Waals surface area contributed by atoms with Gasteiger partial charge in [-0.15, -0.1) is 0 Å². The molecule has 0 aliphatic carbocycles. The third kappa shape index (κ3) is 4.68. The van der Waals surface area contributed by atoms with E-state index >= 15 is 0 Å². The summed E-state index contributed by atoms with van der Waals surface area (Å²) in [7, 11) is 0. The number of fused-ring (bicyclic) bond motifs is 1. The summed E-state index contributed by atoms with van der Waals surface area (Å²) < 4.78 is 13.8. The first-order valence-corrected chi connectivity index (χ1v) is 9.75. The van der Waals surface area contributed by atoms with Gasteiger partial charge >= 0.3 is 0 Å². The van der Waals surface area contributed by atoms with Crippen LogP contribution in [-0.2, 0) is 6.42 Å². The Morgan fingerprint density at radius 3 is 2.68 bits per heavy atom. The third-order valence-electron chi connectivity index (χ3n) is 4.74. The molecule has 3 aromatic rings. The van der Waals surface area contributed by atoms with Gasteiger partial charge in [-0.25, -0.2) is 4.39 Å². The van der Waals surface area contributed by atoms with Gasteiger partial charge in [0, 0.05) is 22.1 Å². The van der Waals surface area contributed by atoms with Gasteiger partial charge < -0.3 is 5.32 Å². The summed E-state index contributed by atoms with van der Waals surface area (Å²) in [5.41, 5.74) is 1.19. The number of hydrogen-bond donors (Lipinski definition) is 1. The lowest BCUT2D eigenvalue weighted by molar-refractivity contribution is 0.0894. The number of hydrogen-bond acceptors (Lipinski definition) is 2. The minimum Gasteiger partial charge on any atom is -0.346 e. The lowest BCUT2D eigenvalue weighted by atomic mass is 9.84. The molecular formula is C23H24ClFN2O. The fraction of sp³-hybridized carbons (Fsp3) is 0.304. The van der Waals surface area contributed by atoms with E-state index in [0.29, 0.717) is 28.3 Å². The number of benzene rings is 2. The number of amides is 1. The molecule has 5 heteroatoms. The highest BCUT2D eigenvalue weighted by Gasteiger charge is 2.29. The van der Waals surface area contributed by atoms with Gasteiger partial charge in [0.15, 0.2) is 0 Å². The van der Waals surface area contributed by atoms with E-state index in [1.165, 1.54) is 12.3 Å². The maximum absolute atomic E-state index is 13.8. The van der Waals surface area contributed by atoms with Crippen LogP contribution in [0.2, 0.25) is 5.02 Å². The van der Waals surface area contributed by atoms with Gasteiger partial charge in [-0.05, 0) is 49.4 Å². The van der Waals surface area contributed by atoms with Crippen LogP contribution in [0.15, 0.2) is 54.7 Å². The second-order valence-electron chi connectivity index (χ2n) is 7.92. The molecule has 146 valence electrons. The van der Waals surface area contributed by atoms with E-state index in [2.05, 4.69) is 24.1 Å². The highest BCUT2D eigenvalue weighted by atomic mass is 35.5. The molecule has 0 saturated carbocycles. The van der Waals surface area contributed by atoms with Crippen molar-refractivity contribution in [3.63, 3.8) is 0 Å². The van der Waals surface area contributed by atoms with Crippen molar-refractivity contribution >= 4 is 28.4 Å². The van der Waals surface area contributed by atoms with Crippen LogP contribution in [0.5, 0.6) is 0 Å². The van der Waals surface area contributed by atoms with Crippen LogP contribution in [0, 0.1) is 11.7 Å². The standard InChI is InChI=1S/C23H24ClFN2O/c1-15(2)12-23(3,13-17-7-4-5-9-19(17)24)27-22(28)18-11-16-8-6-10-20(25)21(16)26-14-18/h4-11,14-15H,12-13H2,1-3H3,(H,27,28)/t23-/m1/s1. The molecule has 1 atom stereocenters. The summed E-state index contributed by atoms with van der Waals surface area (Å²) in [4.78, 5) is 17.1. The topological polar surface area (TPSA) is 42.0 Å². The lowest BCUT2D eigenvalue weighted by Gasteiger charge is -2.33. The van der Waals surface area contributed by atoms with Crippen LogP contribution in [-0.4, -0.2) is 16.4 Å². The number of aromatic nitrogens is 1. The average molecular weight is 399 g/mol. The fourth-order valence-corrected chi connectivity index (χ4v) is 3.93. The summed E-state index contributed by atoms with van der Waals surface area (Å²) in [6.45, 7) is 6.27. The number of halogens is 2. The van der Waals surface area contributed by atoms with Crippen molar-refractivity contribution in [3.8, 4) is 0 Å². The van der Waals surface area contributed by atoms with E-state index in [1.54, 1.807) is 18.2 Å². The number of nitrogens with one attached hydrogen (secondary N) is 1. The monoisotopic (exact) mass is 398 g/mol. The van der Waals surface area contributed by atoms with Crippen molar-refractivity contribution in [2.45, 2.75) is 39.2 Å². The van der Waals surface area contributed by atoms with Crippen LogP contribution in [0.25, 0.3) is 10.9 Å². The third-order valence-corrected chi connectivity index (χ3v) is 5.11. The Balaban J connectivity index is 1.88. The van der Waals surface area contributed by atoms with Crippen LogP contribution in [0.1, 0.15) is 43.1 Å². The number of pyridine rings is 1. The van der Waals surface area contributed by atoms with E-state index in [1.807, 2.05) is 31.2 Å². The maximum atomic E-state index is 13.8. The van der Waals surface area contributed by atoms with Crippen molar-refractivity contribution in [2.24, 2.45) is 5.92 Å². The molecular weight excluding hydrogens is 375 g/mol. The van der Waals surface area contributed by atoms with Crippen molar-refractivity contribution in [3.05, 3.63) is 76.7 Å². The van der Waals surface area contributed by atoms with Gasteiger partial charge in [0.05, 0.1) is 5.56 Å². The predicted octanol–water partition coefficient (Wildman–Crippen LogP) is 5.80. The molecule has 0 bridgehead atoms. The predicted molar refractivity (Wildman–Crippen MR) is 112 cm³/mol. The van der Waals surface area contributed by atoms with Crippen LogP contribution in [0.4, 0.5) is 4.39 Å². The summed E-state index contributed by atoms with van der Waals surface area (Å²) in [6.07, 6.45) is 2.83.